The van der Waals surface area contributed by atoms with Crippen molar-refractivity contribution in [1.29, 1.82) is 0 Å². The number of hydrogen-bond donors (Lipinski definition) is 3. The number of halogens is 1. The van der Waals surface area contributed by atoms with Crippen molar-refractivity contribution in [3.8, 4) is 0 Å². The third kappa shape index (κ3) is 4.10. The molecule has 142 valence electrons. The maximum absolute atomic E-state index is 14.8. The molecule has 1 fully saturated rings. The normalized spacial score (nSPS) is 17.7. The second-order valence-electron chi connectivity index (χ2n) is 6.88. The molecule has 1 heterocycles. The highest BCUT2D eigenvalue weighted by molar-refractivity contribution is 6.03. The van der Waals surface area contributed by atoms with E-state index in [0.717, 1.165) is 6.07 Å². The Kier molecular flexibility index (Phi) is 5.50. The second kappa shape index (κ2) is 7.28. The summed E-state index contributed by atoms with van der Waals surface area (Å²) >= 11 is 0. The summed E-state index contributed by atoms with van der Waals surface area (Å²) in [6.07, 6.45) is 0. The lowest BCUT2D eigenvalue weighted by atomic mass is 10.0. The quantitative estimate of drug-likeness (QED) is 0.682. The number of carbonyl (C=O) groups excluding carboxylic acids is 1. The highest BCUT2D eigenvalue weighted by atomic mass is 19.1. The number of carboxylic acid groups (broad SMARTS) is 2. The van der Waals surface area contributed by atoms with Gasteiger partial charge in [-0.15, -0.1) is 0 Å². The maximum Gasteiger partial charge on any atom is 0.339 e. The molecule has 1 aromatic rings. The molecule has 26 heavy (non-hydrogen) atoms. The van der Waals surface area contributed by atoms with Gasteiger partial charge in [0.05, 0.1) is 11.3 Å². The molecule has 1 aliphatic rings. The van der Waals surface area contributed by atoms with Crippen LogP contribution in [0.3, 0.4) is 0 Å². The Morgan fingerprint density at radius 3 is 2.42 bits per heavy atom. The molecule has 1 saturated heterocycles. The van der Waals surface area contributed by atoms with Crippen molar-refractivity contribution < 1.29 is 33.7 Å². The van der Waals surface area contributed by atoms with Gasteiger partial charge >= 0.3 is 17.9 Å². The SMILES string of the molecule is CC(C)(C)OC(=O)C1CNCCN1c1ccc(C(=O)O)c(C(=O)O)c1F. The smallest absolute Gasteiger partial charge is 0.339 e. The van der Waals surface area contributed by atoms with Gasteiger partial charge in [-0.2, -0.15) is 0 Å². The first-order chi connectivity index (χ1) is 12.0. The number of carbonyl (C=O) groups is 3. The molecule has 0 spiro atoms. The number of carboxylic acids is 2. The van der Waals surface area contributed by atoms with E-state index in [9.17, 15) is 23.9 Å². The first-order valence-corrected chi connectivity index (χ1v) is 8.02. The molecule has 1 atom stereocenters. The third-order valence-corrected chi connectivity index (χ3v) is 3.80. The first-order valence-electron chi connectivity index (χ1n) is 8.02. The predicted molar refractivity (Wildman–Crippen MR) is 90.2 cm³/mol. The van der Waals surface area contributed by atoms with E-state index in [1.165, 1.54) is 11.0 Å². The van der Waals surface area contributed by atoms with Crippen molar-refractivity contribution in [2.75, 3.05) is 24.5 Å². The number of anilines is 1. The van der Waals surface area contributed by atoms with Crippen molar-refractivity contribution in [3.63, 3.8) is 0 Å². The lowest BCUT2D eigenvalue weighted by Gasteiger charge is -2.38. The van der Waals surface area contributed by atoms with Gasteiger partial charge in [0.25, 0.3) is 0 Å². The van der Waals surface area contributed by atoms with Crippen LogP contribution in [0.1, 0.15) is 41.5 Å². The van der Waals surface area contributed by atoms with Crippen molar-refractivity contribution in [3.05, 3.63) is 29.1 Å². The van der Waals surface area contributed by atoms with Crippen LogP contribution in [-0.2, 0) is 9.53 Å². The van der Waals surface area contributed by atoms with Crippen molar-refractivity contribution >= 4 is 23.6 Å². The molecule has 1 aromatic carbocycles. The van der Waals surface area contributed by atoms with Crippen molar-refractivity contribution in [1.82, 2.24) is 5.32 Å². The van der Waals surface area contributed by atoms with E-state index in [-0.39, 0.29) is 18.8 Å². The zero-order valence-corrected chi connectivity index (χ0v) is 14.7. The molecule has 3 N–H and O–H groups in total. The fourth-order valence-electron chi connectivity index (χ4n) is 2.75. The van der Waals surface area contributed by atoms with Crippen LogP contribution in [0.25, 0.3) is 0 Å². The van der Waals surface area contributed by atoms with Crippen LogP contribution in [-0.4, -0.2) is 59.4 Å². The highest BCUT2D eigenvalue weighted by Gasteiger charge is 2.35. The van der Waals surface area contributed by atoms with Crippen LogP contribution in [0, 0.1) is 5.82 Å². The first kappa shape index (κ1) is 19.6. The summed E-state index contributed by atoms with van der Waals surface area (Å²) in [4.78, 5) is 36.4. The van der Waals surface area contributed by atoms with Crippen LogP contribution < -0.4 is 10.2 Å². The van der Waals surface area contributed by atoms with Crippen molar-refractivity contribution in [2.45, 2.75) is 32.4 Å². The molecule has 0 bridgehead atoms. The van der Waals surface area contributed by atoms with Crippen LogP contribution in [0.15, 0.2) is 12.1 Å². The molecule has 9 heteroatoms. The zero-order chi connectivity index (χ0) is 19.6. The fraction of sp³-hybridized carbons (Fsp3) is 0.471. The number of esters is 1. The zero-order valence-electron chi connectivity index (χ0n) is 14.7. The van der Waals surface area contributed by atoms with E-state index in [1.54, 1.807) is 20.8 Å². The van der Waals surface area contributed by atoms with Gasteiger partial charge in [-0.05, 0) is 32.9 Å². The Hall–Kier alpha value is -2.68. The van der Waals surface area contributed by atoms with E-state index in [0.29, 0.717) is 6.54 Å². The lowest BCUT2D eigenvalue weighted by Crippen LogP contribution is -2.56. The predicted octanol–water partition coefficient (Wildman–Crippen LogP) is 1.34. The van der Waals surface area contributed by atoms with Gasteiger partial charge in [0.15, 0.2) is 5.82 Å². The van der Waals surface area contributed by atoms with E-state index in [4.69, 9.17) is 9.84 Å². The summed E-state index contributed by atoms with van der Waals surface area (Å²) in [6.45, 7) is 5.98. The van der Waals surface area contributed by atoms with Crippen LogP contribution in [0.5, 0.6) is 0 Å². The standard InChI is InChI=1S/C17H21FN2O6/c1-17(2,3)26-16(25)11-8-19-6-7-20(11)10-5-4-9(14(21)22)12(13(10)18)15(23)24/h4-5,11,19H,6-8H2,1-3H3,(H,21,22)(H,23,24). The molecule has 0 aromatic heterocycles. The number of hydrogen-bond acceptors (Lipinski definition) is 6. The Morgan fingerprint density at radius 1 is 1.23 bits per heavy atom. The van der Waals surface area contributed by atoms with Gasteiger partial charge in [-0.3, -0.25) is 0 Å². The van der Waals surface area contributed by atoms with E-state index in [1.807, 2.05) is 0 Å². The van der Waals surface area contributed by atoms with Crippen LogP contribution in [0.4, 0.5) is 10.1 Å². The number of piperazine rings is 1. The van der Waals surface area contributed by atoms with Gasteiger partial charge in [0, 0.05) is 19.6 Å². The molecule has 1 unspecified atom stereocenters. The molecule has 0 saturated carbocycles. The molecule has 0 radical (unpaired) electrons. The van der Waals surface area contributed by atoms with Gasteiger partial charge in [0.1, 0.15) is 17.2 Å². The van der Waals surface area contributed by atoms with Crippen LogP contribution >= 0.6 is 0 Å². The molecular weight excluding hydrogens is 347 g/mol. The number of aromatic carboxylic acids is 2. The summed E-state index contributed by atoms with van der Waals surface area (Å²) in [5.74, 6) is -5.00. The van der Waals surface area contributed by atoms with Gasteiger partial charge < -0.3 is 25.2 Å². The number of ether oxygens (including phenoxy) is 1. The molecule has 0 aliphatic carbocycles. The van der Waals surface area contributed by atoms with Crippen LogP contribution in [0.2, 0.25) is 0 Å². The average molecular weight is 368 g/mol. The lowest BCUT2D eigenvalue weighted by molar-refractivity contribution is -0.156. The van der Waals surface area contributed by atoms with Gasteiger partial charge in [-0.25, -0.2) is 18.8 Å². The Labute approximate surface area is 149 Å². The topological polar surface area (TPSA) is 116 Å². The maximum atomic E-state index is 14.8. The molecule has 8 nitrogen and oxygen atoms in total. The van der Waals surface area contributed by atoms with Gasteiger partial charge in [-0.1, -0.05) is 0 Å². The number of nitrogens with one attached hydrogen (secondary N) is 1. The molecule has 1 aliphatic heterocycles. The molecule has 0 amide bonds. The summed E-state index contributed by atoms with van der Waals surface area (Å²) in [5, 5.41) is 21.3. The number of nitrogens with zero attached hydrogens (tertiary/aromatic N) is 1. The van der Waals surface area contributed by atoms with E-state index < -0.39 is 46.5 Å². The molecular formula is C17H21FN2O6. The summed E-state index contributed by atoms with van der Waals surface area (Å²) < 4.78 is 20.2. The third-order valence-electron chi connectivity index (χ3n) is 3.80. The minimum absolute atomic E-state index is 0.148. The summed E-state index contributed by atoms with van der Waals surface area (Å²) in [5.41, 5.74) is -2.47. The largest absolute Gasteiger partial charge is 0.478 e. The number of benzene rings is 1. The number of rotatable bonds is 4. The minimum Gasteiger partial charge on any atom is -0.478 e. The summed E-state index contributed by atoms with van der Waals surface area (Å²) in [7, 11) is 0. The Balaban J connectivity index is 2.47. The second-order valence-corrected chi connectivity index (χ2v) is 6.88. The summed E-state index contributed by atoms with van der Waals surface area (Å²) in [6, 6.07) is 1.33. The Bertz CT molecular complexity index is 744. The minimum atomic E-state index is -1.69. The fourth-order valence-corrected chi connectivity index (χ4v) is 2.75. The van der Waals surface area contributed by atoms with E-state index >= 15 is 0 Å². The monoisotopic (exact) mass is 368 g/mol. The highest BCUT2D eigenvalue weighted by Crippen LogP contribution is 2.28. The van der Waals surface area contributed by atoms with Crippen molar-refractivity contribution in [2.24, 2.45) is 0 Å². The average Bonchev–Trinajstić information content (AvgIpc) is 2.52. The Morgan fingerprint density at radius 2 is 1.88 bits per heavy atom. The van der Waals surface area contributed by atoms with Gasteiger partial charge in [0.2, 0.25) is 0 Å². The van der Waals surface area contributed by atoms with E-state index in [2.05, 4.69) is 5.32 Å². The molecule has 2 rings (SSSR count).